The molecule has 0 radical (unpaired) electrons. The minimum absolute atomic E-state index is 0.169. The second kappa shape index (κ2) is 8.42. The highest BCUT2D eigenvalue weighted by atomic mass is 35.5. The van der Waals surface area contributed by atoms with E-state index in [1.807, 2.05) is 12.1 Å². The zero-order chi connectivity index (χ0) is 21.4. The van der Waals surface area contributed by atoms with E-state index in [4.69, 9.17) is 21.1 Å². The van der Waals surface area contributed by atoms with E-state index in [2.05, 4.69) is 70.3 Å². The fourth-order valence-corrected chi connectivity index (χ4v) is 4.95. The molecule has 0 aliphatic carbocycles. The molecule has 0 bridgehead atoms. The maximum Gasteiger partial charge on any atom is 0.162 e. The van der Waals surface area contributed by atoms with E-state index in [0.29, 0.717) is 5.92 Å². The Bertz CT molecular complexity index is 1060. The zero-order valence-corrected chi connectivity index (χ0v) is 18.4. The summed E-state index contributed by atoms with van der Waals surface area (Å²) in [6.07, 6.45) is 0. The van der Waals surface area contributed by atoms with Crippen LogP contribution in [0.1, 0.15) is 28.8 Å². The maximum atomic E-state index is 6.13. The number of anilines is 1. The number of nitrogens with one attached hydrogen (secondary N) is 2. The highest BCUT2D eigenvalue weighted by Gasteiger charge is 2.43. The second-order valence-corrected chi connectivity index (χ2v) is 8.53. The molecule has 5 nitrogen and oxygen atoms in total. The van der Waals surface area contributed by atoms with Crippen LogP contribution in [0, 0.1) is 5.92 Å². The predicted octanol–water partition coefficient (Wildman–Crippen LogP) is 4.88. The van der Waals surface area contributed by atoms with Crippen molar-refractivity contribution in [2.75, 3.05) is 25.7 Å². The largest absolute Gasteiger partial charge is 0.493 e. The van der Waals surface area contributed by atoms with Crippen molar-refractivity contribution >= 4 is 17.3 Å². The lowest BCUT2D eigenvalue weighted by Crippen LogP contribution is -2.39. The van der Waals surface area contributed by atoms with Gasteiger partial charge in [-0.25, -0.2) is 10.9 Å². The molecule has 3 aromatic carbocycles. The fourth-order valence-electron chi connectivity index (χ4n) is 4.82. The monoisotopic (exact) mass is 435 g/mol. The Morgan fingerprint density at radius 1 is 0.903 bits per heavy atom. The highest BCUT2D eigenvalue weighted by Crippen LogP contribution is 2.48. The standard InChI is InChI=1S/C25H26ClN3O2/c1-30-22-12-19-21(13-23(22)31-2)29(14-16-6-4-3-5-7-16)15-20-24(27-28-25(19)20)17-8-10-18(26)11-9-17/h3-13,20,24-25,27-28H,14-15H2,1-2H3. The summed E-state index contributed by atoms with van der Waals surface area (Å²) in [6, 6.07) is 23.3. The van der Waals surface area contributed by atoms with E-state index in [1.54, 1.807) is 14.2 Å². The van der Waals surface area contributed by atoms with Crippen LogP contribution in [0.4, 0.5) is 5.69 Å². The number of ether oxygens (including phenoxy) is 2. The van der Waals surface area contributed by atoms with Gasteiger partial charge in [-0.1, -0.05) is 54.1 Å². The first kappa shape index (κ1) is 20.2. The van der Waals surface area contributed by atoms with Crippen molar-refractivity contribution in [3.8, 4) is 11.5 Å². The Hall–Kier alpha value is -2.73. The first-order chi connectivity index (χ1) is 15.2. The molecule has 0 spiro atoms. The van der Waals surface area contributed by atoms with Crippen LogP contribution < -0.4 is 25.2 Å². The van der Waals surface area contributed by atoms with Crippen LogP contribution in [0.5, 0.6) is 11.5 Å². The molecule has 5 rings (SSSR count). The Labute approximate surface area is 187 Å². The van der Waals surface area contributed by atoms with Crippen molar-refractivity contribution in [1.29, 1.82) is 0 Å². The van der Waals surface area contributed by atoms with Gasteiger partial charge in [0.25, 0.3) is 0 Å². The molecule has 31 heavy (non-hydrogen) atoms. The predicted molar refractivity (Wildman–Crippen MR) is 124 cm³/mol. The lowest BCUT2D eigenvalue weighted by Gasteiger charge is -2.39. The summed E-state index contributed by atoms with van der Waals surface area (Å²) in [5, 5.41) is 0.753. The van der Waals surface area contributed by atoms with E-state index >= 15 is 0 Å². The van der Waals surface area contributed by atoms with E-state index in [0.717, 1.165) is 29.6 Å². The third-order valence-corrected chi connectivity index (χ3v) is 6.59. The maximum absolute atomic E-state index is 6.13. The zero-order valence-electron chi connectivity index (χ0n) is 17.6. The normalized spacial score (nSPS) is 22.0. The lowest BCUT2D eigenvalue weighted by molar-refractivity contribution is 0.350. The van der Waals surface area contributed by atoms with Crippen LogP contribution in [0.3, 0.4) is 0 Å². The third-order valence-electron chi connectivity index (χ3n) is 6.34. The highest BCUT2D eigenvalue weighted by molar-refractivity contribution is 6.30. The molecule has 2 N–H and O–H groups in total. The molecule has 0 saturated carbocycles. The smallest absolute Gasteiger partial charge is 0.162 e. The molecule has 3 unspecified atom stereocenters. The van der Waals surface area contributed by atoms with Crippen LogP contribution in [0.2, 0.25) is 5.02 Å². The minimum Gasteiger partial charge on any atom is -0.493 e. The molecule has 2 aliphatic rings. The van der Waals surface area contributed by atoms with E-state index < -0.39 is 0 Å². The molecular formula is C25H26ClN3O2. The molecule has 3 aromatic rings. The Balaban J connectivity index is 1.56. The second-order valence-electron chi connectivity index (χ2n) is 8.09. The molecular weight excluding hydrogens is 410 g/mol. The Morgan fingerprint density at radius 2 is 1.58 bits per heavy atom. The summed E-state index contributed by atoms with van der Waals surface area (Å²) in [6.45, 7) is 1.75. The van der Waals surface area contributed by atoms with E-state index in [9.17, 15) is 0 Å². The van der Waals surface area contributed by atoms with Crippen LogP contribution in [-0.2, 0) is 6.54 Å². The van der Waals surface area contributed by atoms with Gasteiger partial charge in [0.05, 0.1) is 26.3 Å². The number of benzene rings is 3. The van der Waals surface area contributed by atoms with Gasteiger partial charge >= 0.3 is 0 Å². The van der Waals surface area contributed by atoms with Gasteiger partial charge in [-0.15, -0.1) is 0 Å². The van der Waals surface area contributed by atoms with E-state index in [1.165, 1.54) is 22.4 Å². The number of methoxy groups -OCH3 is 2. The number of fused-ring (bicyclic) bond motifs is 3. The van der Waals surface area contributed by atoms with Gasteiger partial charge in [-0.2, -0.15) is 0 Å². The first-order valence-corrected chi connectivity index (χ1v) is 10.9. The molecule has 160 valence electrons. The van der Waals surface area contributed by atoms with E-state index in [-0.39, 0.29) is 12.1 Å². The van der Waals surface area contributed by atoms with Crippen LogP contribution in [0.15, 0.2) is 66.7 Å². The molecule has 1 fully saturated rings. The van der Waals surface area contributed by atoms with Gasteiger partial charge in [-0.3, -0.25) is 0 Å². The molecule has 6 heteroatoms. The molecule has 3 atom stereocenters. The minimum atomic E-state index is 0.169. The number of nitrogens with zero attached hydrogens (tertiary/aromatic N) is 1. The average Bonchev–Trinajstić information content (AvgIpc) is 3.23. The van der Waals surface area contributed by atoms with Crippen molar-refractivity contribution < 1.29 is 9.47 Å². The van der Waals surface area contributed by atoms with Crippen molar-refractivity contribution in [3.05, 3.63) is 88.4 Å². The molecule has 2 aliphatic heterocycles. The van der Waals surface area contributed by atoms with Crippen LogP contribution >= 0.6 is 11.6 Å². The number of halogens is 1. The summed E-state index contributed by atoms with van der Waals surface area (Å²) in [7, 11) is 3.37. The number of hydrogen-bond donors (Lipinski definition) is 2. The quantitative estimate of drug-likeness (QED) is 0.597. The molecule has 1 saturated heterocycles. The van der Waals surface area contributed by atoms with Crippen molar-refractivity contribution in [2.45, 2.75) is 18.6 Å². The SMILES string of the molecule is COc1cc2c(cc1OC)N(Cc1ccccc1)CC1C(c3ccc(Cl)cc3)NNC21. The Kier molecular flexibility index (Phi) is 5.48. The van der Waals surface area contributed by atoms with Crippen LogP contribution in [0.25, 0.3) is 0 Å². The molecule has 0 aromatic heterocycles. The number of rotatable bonds is 5. The fraction of sp³-hybridized carbons (Fsp3) is 0.280. The van der Waals surface area contributed by atoms with Gasteiger partial charge in [0, 0.05) is 35.8 Å². The summed E-state index contributed by atoms with van der Waals surface area (Å²) < 4.78 is 11.2. The van der Waals surface area contributed by atoms with Crippen molar-refractivity contribution in [2.24, 2.45) is 5.92 Å². The van der Waals surface area contributed by atoms with Gasteiger partial charge in [0.2, 0.25) is 0 Å². The van der Waals surface area contributed by atoms with Gasteiger partial charge < -0.3 is 14.4 Å². The Morgan fingerprint density at radius 3 is 2.29 bits per heavy atom. The summed E-state index contributed by atoms with van der Waals surface area (Å²) >= 11 is 6.13. The topological polar surface area (TPSA) is 45.8 Å². The van der Waals surface area contributed by atoms with Gasteiger partial charge in [-0.05, 0) is 34.9 Å². The lowest BCUT2D eigenvalue weighted by atomic mass is 9.81. The number of hydrazine groups is 1. The number of hydrogen-bond acceptors (Lipinski definition) is 5. The summed E-state index contributed by atoms with van der Waals surface area (Å²) in [4.78, 5) is 2.45. The molecule has 2 heterocycles. The third kappa shape index (κ3) is 3.74. The van der Waals surface area contributed by atoms with Gasteiger partial charge in [0.15, 0.2) is 11.5 Å². The van der Waals surface area contributed by atoms with Crippen molar-refractivity contribution in [1.82, 2.24) is 10.9 Å². The van der Waals surface area contributed by atoms with Crippen molar-refractivity contribution in [3.63, 3.8) is 0 Å². The first-order valence-electron chi connectivity index (χ1n) is 10.5. The van der Waals surface area contributed by atoms with Gasteiger partial charge in [0.1, 0.15) is 0 Å². The summed E-state index contributed by atoms with van der Waals surface area (Å²) in [5.74, 6) is 1.84. The molecule has 0 amide bonds. The average molecular weight is 436 g/mol. The van der Waals surface area contributed by atoms with Crippen LogP contribution in [-0.4, -0.2) is 20.8 Å². The summed E-state index contributed by atoms with van der Waals surface area (Å²) in [5.41, 5.74) is 12.0.